The van der Waals surface area contributed by atoms with Crippen LogP contribution in [0.5, 0.6) is 5.75 Å². The lowest BCUT2D eigenvalue weighted by Crippen LogP contribution is -2.15. The summed E-state index contributed by atoms with van der Waals surface area (Å²) in [5, 5.41) is 8.36. The topological polar surface area (TPSA) is 61.0 Å². The third-order valence-corrected chi connectivity index (χ3v) is 3.66. The van der Waals surface area contributed by atoms with E-state index in [9.17, 15) is 0 Å². The molecule has 4 heteroatoms. The normalized spacial score (nSPS) is 12.2. The highest BCUT2D eigenvalue weighted by molar-refractivity contribution is 5.28. The molecule has 0 aliphatic rings. The van der Waals surface area contributed by atoms with Crippen molar-refractivity contribution in [1.29, 1.82) is 0 Å². The van der Waals surface area contributed by atoms with Crippen LogP contribution in [0.2, 0.25) is 0 Å². The van der Waals surface area contributed by atoms with Gasteiger partial charge in [0.1, 0.15) is 5.75 Å². The lowest BCUT2D eigenvalue weighted by molar-refractivity contribution is 0.414. The van der Waals surface area contributed by atoms with Gasteiger partial charge in [-0.1, -0.05) is 19.1 Å². The molecule has 2 N–H and O–H groups in total. The Morgan fingerprint density at radius 3 is 2.52 bits per heavy atom. The molecule has 0 fully saturated rings. The van der Waals surface area contributed by atoms with Crippen LogP contribution in [0.1, 0.15) is 41.9 Å². The van der Waals surface area contributed by atoms with Crippen LogP contribution in [0.4, 0.5) is 0 Å². The summed E-state index contributed by atoms with van der Waals surface area (Å²) in [7, 11) is 1.68. The fraction of sp³-hybridized carbons (Fsp3) is 0.412. The van der Waals surface area contributed by atoms with E-state index in [1.165, 1.54) is 5.56 Å². The van der Waals surface area contributed by atoms with Crippen LogP contribution in [0, 0.1) is 6.92 Å². The Balaban J connectivity index is 2.03. The summed E-state index contributed by atoms with van der Waals surface area (Å²) >= 11 is 0. The van der Waals surface area contributed by atoms with Crippen molar-refractivity contribution in [2.45, 2.75) is 39.2 Å². The number of aromatic nitrogens is 2. The molecule has 4 nitrogen and oxygen atoms in total. The molecule has 2 rings (SSSR count). The second kappa shape index (κ2) is 7.18. The van der Waals surface area contributed by atoms with Gasteiger partial charge in [0.15, 0.2) is 0 Å². The average molecular weight is 285 g/mol. The van der Waals surface area contributed by atoms with Gasteiger partial charge in [0.25, 0.3) is 0 Å². The Bertz CT molecular complexity index is 581. The third kappa shape index (κ3) is 4.02. The van der Waals surface area contributed by atoms with Crippen molar-refractivity contribution in [2.75, 3.05) is 7.11 Å². The maximum Gasteiger partial charge on any atom is 0.118 e. The van der Waals surface area contributed by atoms with Gasteiger partial charge in [0.2, 0.25) is 0 Å². The first-order valence-electron chi connectivity index (χ1n) is 7.35. The SMILES string of the molecule is CCc1nnc(C)cc1C(N)CCc1ccc(OC)cc1. The Labute approximate surface area is 126 Å². The summed E-state index contributed by atoms with van der Waals surface area (Å²) in [5.41, 5.74) is 10.7. The van der Waals surface area contributed by atoms with Crippen LogP contribution in [0.25, 0.3) is 0 Å². The van der Waals surface area contributed by atoms with Crippen LogP contribution in [0.15, 0.2) is 30.3 Å². The monoisotopic (exact) mass is 285 g/mol. The molecule has 1 aromatic carbocycles. The molecular formula is C17H23N3O. The highest BCUT2D eigenvalue weighted by atomic mass is 16.5. The summed E-state index contributed by atoms with van der Waals surface area (Å²) in [6, 6.07) is 10.2. The molecule has 1 heterocycles. The highest BCUT2D eigenvalue weighted by Gasteiger charge is 2.12. The van der Waals surface area contributed by atoms with Gasteiger partial charge in [-0.3, -0.25) is 0 Å². The molecule has 112 valence electrons. The molecule has 0 aliphatic heterocycles. The fourth-order valence-electron chi connectivity index (χ4n) is 2.40. The molecule has 0 radical (unpaired) electrons. The molecule has 21 heavy (non-hydrogen) atoms. The van der Waals surface area contributed by atoms with Gasteiger partial charge in [-0.15, -0.1) is 0 Å². The zero-order valence-corrected chi connectivity index (χ0v) is 13.0. The number of hydrogen-bond acceptors (Lipinski definition) is 4. The average Bonchev–Trinajstić information content (AvgIpc) is 2.53. The Morgan fingerprint density at radius 1 is 1.19 bits per heavy atom. The second-order valence-corrected chi connectivity index (χ2v) is 5.23. The number of benzene rings is 1. The van der Waals surface area contributed by atoms with Gasteiger partial charge in [-0.05, 0) is 55.5 Å². The van der Waals surface area contributed by atoms with Crippen molar-refractivity contribution in [2.24, 2.45) is 5.73 Å². The van der Waals surface area contributed by atoms with E-state index in [1.54, 1.807) is 7.11 Å². The largest absolute Gasteiger partial charge is 0.497 e. The Kier molecular flexibility index (Phi) is 5.28. The molecule has 1 aromatic heterocycles. The Morgan fingerprint density at radius 2 is 1.90 bits per heavy atom. The molecule has 0 amide bonds. The van der Waals surface area contributed by atoms with Crippen molar-refractivity contribution in [3.8, 4) is 5.75 Å². The minimum atomic E-state index is -0.00347. The van der Waals surface area contributed by atoms with Crippen molar-refractivity contribution >= 4 is 0 Å². The van der Waals surface area contributed by atoms with Gasteiger partial charge in [-0.2, -0.15) is 10.2 Å². The third-order valence-electron chi connectivity index (χ3n) is 3.66. The predicted octanol–water partition coefficient (Wildman–Crippen LogP) is 2.99. The van der Waals surface area contributed by atoms with E-state index in [0.29, 0.717) is 0 Å². The fourth-order valence-corrected chi connectivity index (χ4v) is 2.40. The van der Waals surface area contributed by atoms with E-state index in [1.807, 2.05) is 19.1 Å². The second-order valence-electron chi connectivity index (χ2n) is 5.23. The molecule has 1 unspecified atom stereocenters. The van der Waals surface area contributed by atoms with Crippen LogP contribution < -0.4 is 10.5 Å². The van der Waals surface area contributed by atoms with Crippen LogP contribution in [-0.4, -0.2) is 17.3 Å². The maximum atomic E-state index is 6.35. The number of nitrogens with two attached hydrogens (primary N) is 1. The molecule has 1 atom stereocenters. The first-order valence-corrected chi connectivity index (χ1v) is 7.35. The quantitative estimate of drug-likeness (QED) is 0.886. The van der Waals surface area contributed by atoms with E-state index in [2.05, 4.69) is 35.3 Å². The van der Waals surface area contributed by atoms with Crippen LogP contribution >= 0.6 is 0 Å². The Hall–Kier alpha value is -1.94. The van der Waals surface area contributed by atoms with Gasteiger partial charge in [-0.25, -0.2) is 0 Å². The number of rotatable bonds is 6. The first-order chi connectivity index (χ1) is 10.1. The van der Waals surface area contributed by atoms with Crippen LogP contribution in [-0.2, 0) is 12.8 Å². The first kappa shape index (κ1) is 15.4. The highest BCUT2D eigenvalue weighted by Crippen LogP contribution is 2.21. The van der Waals surface area contributed by atoms with E-state index in [-0.39, 0.29) is 6.04 Å². The minimum absolute atomic E-state index is 0.00347. The van der Waals surface area contributed by atoms with E-state index >= 15 is 0 Å². The molecule has 0 bridgehead atoms. The summed E-state index contributed by atoms with van der Waals surface area (Å²) in [5.74, 6) is 0.880. The molecular weight excluding hydrogens is 262 g/mol. The smallest absolute Gasteiger partial charge is 0.118 e. The zero-order chi connectivity index (χ0) is 15.2. The van der Waals surface area contributed by atoms with Crippen molar-refractivity contribution in [3.63, 3.8) is 0 Å². The van der Waals surface area contributed by atoms with E-state index < -0.39 is 0 Å². The van der Waals surface area contributed by atoms with Gasteiger partial charge < -0.3 is 10.5 Å². The van der Waals surface area contributed by atoms with Crippen molar-refractivity contribution in [1.82, 2.24) is 10.2 Å². The molecule has 2 aromatic rings. The van der Waals surface area contributed by atoms with Crippen LogP contribution in [0.3, 0.4) is 0 Å². The standard InChI is InChI=1S/C17H23N3O/c1-4-17-15(11-12(2)19-20-17)16(18)10-7-13-5-8-14(21-3)9-6-13/h5-6,8-9,11,16H,4,7,10,18H2,1-3H3. The van der Waals surface area contributed by atoms with Gasteiger partial charge in [0, 0.05) is 6.04 Å². The summed E-state index contributed by atoms with van der Waals surface area (Å²) in [4.78, 5) is 0. The van der Waals surface area contributed by atoms with E-state index in [0.717, 1.165) is 42.0 Å². The predicted molar refractivity (Wildman–Crippen MR) is 84.4 cm³/mol. The summed E-state index contributed by atoms with van der Waals surface area (Å²) < 4.78 is 5.17. The zero-order valence-electron chi connectivity index (χ0n) is 13.0. The lowest BCUT2D eigenvalue weighted by atomic mass is 9.97. The molecule has 0 aliphatic carbocycles. The molecule has 0 spiro atoms. The van der Waals surface area contributed by atoms with E-state index in [4.69, 9.17) is 10.5 Å². The molecule has 0 saturated carbocycles. The number of aryl methyl sites for hydroxylation is 3. The maximum absolute atomic E-state index is 6.35. The summed E-state index contributed by atoms with van der Waals surface area (Å²) in [6.45, 7) is 4.03. The number of ether oxygens (including phenoxy) is 1. The number of methoxy groups -OCH3 is 1. The minimum Gasteiger partial charge on any atom is -0.497 e. The van der Waals surface area contributed by atoms with Gasteiger partial charge >= 0.3 is 0 Å². The summed E-state index contributed by atoms with van der Waals surface area (Å²) in [6.07, 6.45) is 2.69. The molecule has 0 saturated heterocycles. The van der Waals surface area contributed by atoms with Crippen molar-refractivity contribution in [3.05, 3.63) is 52.8 Å². The lowest BCUT2D eigenvalue weighted by Gasteiger charge is -2.15. The number of nitrogens with zero attached hydrogens (tertiary/aromatic N) is 2. The van der Waals surface area contributed by atoms with Crippen molar-refractivity contribution < 1.29 is 4.74 Å². The number of hydrogen-bond donors (Lipinski definition) is 1. The van der Waals surface area contributed by atoms with Gasteiger partial charge in [0.05, 0.1) is 18.5 Å².